The van der Waals surface area contributed by atoms with Crippen molar-refractivity contribution in [3.63, 3.8) is 0 Å². The summed E-state index contributed by atoms with van der Waals surface area (Å²) in [6.07, 6.45) is 0. The first-order valence-electron chi connectivity index (χ1n) is 19.2. The average Bonchev–Trinajstić information content (AvgIpc) is 3.93. The Balaban J connectivity index is 1.20. The van der Waals surface area contributed by atoms with Crippen LogP contribution < -0.4 is 0 Å². The molecule has 6 nitrogen and oxygen atoms in total. The third-order valence-electron chi connectivity index (χ3n) is 11.3. The Bertz CT molecular complexity index is 3410. The van der Waals surface area contributed by atoms with E-state index >= 15 is 0 Å². The van der Waals surface area contributed by atoms with E-state index in [4.69, 9.17) is 15.0 Å². The van der Waals surface area contributed by atoms with Gasteiger partial charge in [0.2, 0.25) is 5.95 Å². The number of fused-ring (bicyclic) bond motifs is 10. The van der Waals surface area contributed by atoms with Gasteiger partial charge in [-0.2, -0.15) is 9.97 Å². The summed E-state index contributed by atoms with van der Waals surface area (Å²) in [4.78, 5) is 15.6. The molecular weight excluding hydrogens is 697 g/mol. The maximum atomic E-state index is 5.27. The fourth-order valence-corrected chi connectivity index (χ4v) is 8.85. The van der Waals surface area contributed by atoms with Crippen molar-refractivity contribution < 1.29 is 0 Å². The molecule has 266 valence electrons. The summed E-state index contributed by atoms with van der Waals surface area (Å²) in [5.74, 6) is 1.81. The lowest BCUT2D eigenvalue weighted by molar-refractivity contribution is 0.953. The molecule has 0 saturated carbocycles. The fraction of sp³-hybridized carbons (Fsp3) is 0. The van der Waals surface area contributed by atoms with Crippen LogP contribution in [0.25, 0.3) is 106 Å². The van der Waals surface area contributed by atoms with Gasteiger partial charge in [-0.3, -0.25) is 4.57 Å². The number of para-hydroxylation sites is 4. The normalized spacial score (nSPS) is 11.9. The lowest BCUT2D eigenvalue weighted by Gasteiger charge is -2.15. The minimum Gasteiger partial charge on any atom is -0.309 e. The molecule has 4 aromatic heterocycles. The van der Waals surface area contributed by atoms with Crippen molar-refractivity contribution >= 4 is 65.4 Å². The van der Waals surface area contributed by atoms with E-state index in [1.54, 1.807) is 0 Å². The maximum Gasteiger partial charge on any atom is 0.238 e. The van der Waals surface area contributed by atoms with Gasteiger partial charge in [-0.15, -0.1) is 0 Å². The van der Waals surface area contributed by atoms with E-state index in [1.165, 1.54) is 27.2 Å². The van der Waals surface area contributed by atoms with Crippen molar-refractivity contribution in [2.75, 3.05) is 0 Å². The Morgan fingerprint density at radius 2 is 0.667 bits per heavy atom. The van der Waals surface area contributed by atoms with E-state index in [9.17, 15) is 0 Å². The third-order valence-corrected chi connectivity index (χ3v) is 11.3. The number of benzene rings is 8. The highest BCUT2D eigenvalue weighted by molar-refractivity contribution is 6.23. The molecular formula is C51H32N6. The first-order chi connectivity index (χ1) is 28.3. The van der Waals surface area contributed by atoms with E-state index in [2.05, 4.69) is 171 Å². The number of aromatic nitrogens is 6. The van der Waals surface area contributed by atoms with Crippen LogP contribution >= 0.6 is 0 Å². The molecule has 0 aliphatic rings. The van der Waals surface area contributed by atoms with E-state index < -0.39 is 0 Å². The second-order valence-corrected chi connectivity index (χ2v) is 14.5. The van der Waals surface area contributed by atoms with Gasteiger partial charge in [0.1, 0.15) is 0 Å². The molecule has 6 heteroatoms. The SMILES string of the molecule is c1ccc(-c2nc(-c3ccccc3)nc(-n3c4ccccc4c4ccc5c6ccccc6n(-c6cccc(-n7c8ccccc8c8ccccc87)c6)c5c43)n2)cc1. The number of rotatable bonds is 5. The lowest BCUT2D eigenvalue weighted by Crippen LogP contribution is -2.07. The van der Waals surface area contributed by atoms with Gasteiger partial charge >= 0.3 is 0 Å². The Labute approximate surface area is 327 Å². The average molecular weight is 729 g/mol. The van der Waals surface area contributed by atoms with E-state index in [1.807, 2.05) is 36.4 Å². The van der Waals surface area contributed by atoms with Crippen molar-refractivity contribution in [2.24, 2.45) is 0 Å². The first-order valence-corrected chi connectivity index (χ1v) is 19.2. The van der Waals surface area contributed by atoms with Crippen LogP contribution in [0.1, 0.15) is 0 Å². The van der Waals surface area contributed by atoms with E-state index in [0.717, 1.165) is 60.7 Å². The second kappa shape index (κ2) is 12.3. The molecule has 0 unspecified atom stereocenters. The molecule has 0 fully saturated rings. The summed E-state index contributed by atoms with van der Waals surface area (Å²) >= 11 is 0. The van der Waals surface area contributed by atoms with Crippen LogP contribution in [-0.4, -0.2) is 28.7 Å². The maximum absolute atomic E-state index is 5.27. The summed E-state index contributed by atoms with van der Waals surface area (Å²) in [6.45, 7) is 0. The standard InChI is InChI=1S/C51H32N6/c1-3-16-33(17-4-1)49-52-50(34-18-5-2-6-19-34)54-51(53-49)57-46-29-14-10-25-40(46)42-31-30-41-39-24-9-13-28-45(39)56(47(41)48(42)57)36-21-15-20-35(32-36)55-43-26-11-7-22-37(43)38-23-8-12-27-44(38)55/h1-32H. The molecule has 0 amide bonds. The first kappa shape index (κ1) is 31.5. The summed E-state index contributed by atoms with van der Waals surface area (Å²) in [5.41, 5.74) is 10.7. The molecule has 0 atom stereocenters. The highest BCUT2D eigenvalue weighted by Gasteiger charge is 2.24. The third kappa shape index (κ3) is 4.74. The van der Waals surface area contributed by atoms with Gasteiger partial charge in [0, 0.05) is 54.8 Å². The van der Waals surface area contributed by atoms with Gasteiger partial charge in [0.15, 0.2) is 11.6 Å². The van der Waals surface area contributed by atoms with Gasteiger partial charge in [-0.05, 0) is 42.5 Å². The van der Waals surface area contributed by atoms with E-state index in [0.29, 0.717) is 17.6 Å². The molecule has 0 radical (unpaired) electrons. The van der Waals surface area contributed by atoms with Crippen molar-refractivity contribution in [3.05, 3.63) is 194 Å². The second-order valence-electron chi connectivity index (χ2n) is 14.5. The van der Waals surface area contributed by atoms with Crippen LogP contribution in [0.15, 0.2) is 194 Å². The fourth-order valence-electron chi connectivity index (χ4n) is 8.85. The van der Waals surface area contributed by atoms with Crippen LogP contribution in [-0.2, 0) is 0 Å². The molecule has 57 heavy (non-hydrogen) atoms. The minimum absolute atomic E-state index is 0.567. The highest BCUT2D eigenvalue weighted by Crippen LogP contribution is 2.42. The highest BCUT2D eigenvalue weighted by atomic mass is 15.2. The quantitative estimate of drug-likeness (QED) is 0.177. The Kier molecular flexibility index (Phi) is 6.83. The van der Waals surface area contributed by atoms with Gasteiger partial charge in [0.05, 0.1) is 33.1 Å². The summed E-state index contributed by atoms with van der Waals surface area (Å²) < 4.78 is 7.06. The molecule has 4 heterocycles. The van der Waals surface area contributed by atoms with Crippen molar-refractivity contribution in [3.8, 4) is 40.1 Å². The number of hydrogen-bond acceptors (Lipinski definition) is 3. The Morgan fingerprint density at radius 3 is 1.18 bits per heavy atom. The molecule has 12 rings (SSSR count). The molecule has 12 aromatic rings. The van der Waals surface area contributed by atoms with Crippen LogP contribution in [0.3, 0.4) is 0 Å². The van der Waals surface area contributed by atoms with Gasteiger partial charge in [-0.1, -0.05) is 152 Å². The van der Waals surface area contributed by atoms with Crippen molar-refractivity contribution in [1.82, 2.24) is 28.7 Å². The zero-order valence-electron chi connectivity index (χ0n) is 30.7. The van der Waals surface area contributed by atoms with Crippen LogP contribution in [0.5, 0.6) is 0 Å². The zero-order valence-corrected chi connectivity index (χ0v) is 30.7. The molecule has 0 spiro atoms. The van der Waals surface area contributed by atoms with Gasteiger partial charge < -0.3 is 9.13 Å². The molecule has 0 N–H and O–H groups in total. The Hall–Kier alpha value is -7.83. The van der Waals surface area contributed by atoms with Crippen molar-refractivity contribution in [1.29, 1.82) is 0 Å². The number of nitrogens with zero attached hydrogens (tertiary/aromatic N) is 6. The molecule has 0 aliphatic carbocycles. The minimum atomic E-state index is 0.567. The lowest BCUT2D eigenvalue weighted by atomic mass is 10.1. The molecule has 0 aliphatic heterocycles. The van der Waals surface area contributed by atoms with Crippen molar-refractivity contribution in [2.45, 2.75) is 0 Å². The molecule has 8 aromatic carbocycles. The summed E-state index contributed by atoms with van der Waals surface area (Å²) in [6, 6.07) is 68.5. The summed E-state index contributed by atoms with van der Waals surface area (Å²) in [7, 11) is 0. The smallest absolute Gasteiger partial charge is 0.238 e. The topological polar surface area (TPSA) is 53.5 Å². The Morgan fingerprint density at radius 1 is 0.281 bits per heavy atom. The monoisotopic (exact) mass is 728 g/mol. The van der Waals surface area contributed by atoms with Gasteiger partial charge in [0.25, 0.3) is 0 Å². The molecule has 0 saturated heterocycles. The predicted molar refractivity (Wildman–Crippen MR) is 234 cm³/mol. The number of hydrogen-bond donors (Lipinski definition) is 0. The molecule has 0 bridgehead atoms. The van der Waals surface area contributed by atoms with Crippen LogP contribution in [0.4, 0.5) is 0 Å². The van der Waals surface area contributed by atoms with E-state index in [-0.39, 0.29) is 0 Å². The summed E-state index contributed by atoms with van der Waals surface area (Å²) in [5, 5.41) is 7.08. The van der Waals surface area contributed by atoms with Gasteiger partial charge in [-0.25, -0.2) is 4.98 Å². The zero-order chi connectivity index (χ0) is 37.5. The van der Waals surface area contributed by atoms with Crippen LogP contribution in [0.2, 0.25) is 0 Å². The largest absolute Gasteiger partial charge is 0.309 e. The predicted octanol–water partition coefficient (Wildman–Crippen LogP) is 12.5. The van der Waals surface area contributed by atoms with Crippen LogP contribution in [0, 0.1) is 0 Å².